The molecule has 0 bridgehead atoms. The zero-order chi connectivity index (χ0) is 27.1. The summed E-state index contributed by atoms with van der Waals surface area (Å²) in [6, 6.07) is 17.4. The van der Waals surface area contributed by atoms with E-state index in [1.807, 2.05) is 37.4 Å². The lowest BCUT2D eigenvalue weighted by Crippen LogP contribution is -2.36. The second-order valence-corrected chi connectivity index (χ2v) is 10.7. The number of anilines is 3. The van der Waals surface area contributed by atoms with E-state index in [2.05, 4.69) is 25.7 Å². The Bertz CT molecular complexity index is 1740. The topological polar surface area (TPSA) is 97.1 Å². The van der Waals surface area contributed by atoms with E-state index in [1.54, 1.807) is 29.9 Å². The number of carbonyl (C=O) groups is 1. The molecule has 6 rings (SSSR count). The second kappa shape index (κ2) is 10.1. The zero-order valence-corrected chi connectivity index (χ0v) is 22.3. The van der Waals surface area contributed by atoms with Crippen LogP contribution in [0.25, 0.3) is 21.3 Å². The molecule has 198 valence electrons. The minimum absolute atomic E-state index is 0.0282. The number of nitrogens with zero attached hydrogens (tertiary/aromatic N) is 5. The number of hydrogen-bond acceptors (Lipinski definition) is 7. The molecule has 0 spiro atoms. The fourth-order valence-electron chi connectivity index (χ4n) is 4.52. The summed E-state index contributed by atoms with van der Waals surface area (Å²) in [5.41, 5.74) is 2.02. The largest absolute Gasteiger partial charge is 0.334 e. The number of aromatic nitrogens is 4. The molecule has 2 N–H and O–H groups in total. The van der Waals surface area contributed by atoms with Gasteiger partial charge in [-0.05, 0) is 61.3 Å². The summed E-state index contributed by atoms with van der Waals surface area (Å²) >= 11 is 1.34. The number of hydrogen-bond donors (Lipinski definition) is 2. The Hall–Kier alpha value is -4.35. The predicted molar refractivity (Wildman–Crippen MR) is 151 cm³/mol. The van der Waals surface area contributed by atoms with Crippen LogP contribution in [0.2, 0.25) is 0 Å². The molecule has 0 saturated carbocycles. The lowest BCUT2D eigenvalue weighted by Gasteiger charge is -2.30. The standard InChI is InChI=1S/C28H26FN7O2S/c1-34-19(16-36-10-5-11-36)14-26(33-34)30-23-15-21(32-35(2)28(23)38)17-8-9-20(29)22(12-17)31-27(37)25-13-18-6-3-4-7-24(18)39-25/h3-4,6-9,12-15H,5,10-11,16H2,1-2H3,(H,30,33)(H,31,37). The Balaban J connectivity index is 1.26. The van der Waals surface area contributed by atoms with Crippen LogP contribution in [0.1, 0.15) is 21.8 Å². The van der Waals surface area contributed by atoms with E-state index >= 15 is 0 Å². The quantitative estimate of drug-likeness (QED) is 0.308. The van der Waals surface area contributed by atoms with Crippen LogP contribution in [0.3, 0.4) is 0 Å². The minimum Gasteiger partial charge on any atom is -0.334 e. The van der Waals surface area contributed by atoms with Gasteiger partial charge < -0.3 is 10.6 Å². The van der Waals surface area contributed by atoms with Crippen molar-refractivity contribution in [1.82, 2.24) is 24.5 Å². The van der Waals surface area contributed by atoms with Crippen molar-refractivity contribution in [3.8, 4) is 11.3 Å². The average Bonchev–Trinajstić information content (AvgIpc) is 3.48. The third kappa shape index (κ3) is 5.06. The molecule has 9 nitrogen and oxygen atoms in total. The van der Waals surface area contributed by atoms with E-state index in [0.29, 0.717) is 22.0 Å². The molecule has 0 aliphatic carbocycles. The first kappa shape index (κ1) is 25.0. The molecule has 11 heteroatoms. The second-order valence-electron chi connectivity index (χ2n) is 9.57. The van der Waals surface area contributed by atoms with Gasteiger partial charge in [0.05, 0.1) is 22.0 Å². The van der Waals surface area contributed by atoms with Gasteiger partial charge in [-0.3, -0.25) is 19.2 Å². The third-order valence-electron chi connectivity index (χ3n) is 6.80. The monoisotopic (exact) mass is 543 g/mol. The average molecular weight is 544 g/mol. The van der Waals surface area contributed by atoms with Gasteiger partial charge in [0, 0.05) is 37.0 Å². The summed E-state index contributed by atoms with van der Waals surface area (Å²) in [6.45, 7) is 2.95. The van der Waals surface area contributed by atoms with Crippen molar-refractivity contribution in [3.63, 3.8) is 0 Å². The number of nitrogens with one attached hydrogen (secondary N) is 2. The molecule has 1 saturated heterocycles. The van der Waals surface area contributed by atoms with Crippen molar-refractivity contribution < 1.29 is 9.18 Å². The van der Waals surface area contributed by atoms with E-state index in [1.165, 1.54) is 34.6 Å². The van der Waals surface area contributed by atoms with E-state index in [9.17, 15) is 14.0 Å². The van der Waals surface area contributed by atoms with Gasteiger partial charge >= 0.3 is 0 Å². The molecule has 1 amide bonds. The third-order valence-corrected chi connectivity index (χ3v) is 7.91. The lowest BCUT2D eigenvalue weighted by molar-refractivity contribution is 0.103. The smallest absolute Gasteiger partial charge is 0.290 e. The Morgan fingerprint density at radius 3 is 2.59 bits per heavy atom. The molecule has 0 radical (unpaired) electrons. The number of aryl methyl sites for hydroxylation is 2. The fourth-order valence-corrected chi connectivity index (χ4v) is 5.48. The molecular weight excluding hydrogens is 517 g/mol. The maximum absolute atomic E-state index is 14.7. The van der Waals surface area contributed by atoms with E-state index in [-0.39, 0.29) is 16.9 Å². The summed E-state index contributed by atoms with van der Waals surface area (Å²) in [5, 5.41) is 15.6. The maximum Gasteiger partial charge on any atom is 0.290 e. The van der Waals surface area contributed by atoms with Crippen LogP contribution in [0.5, 0.6) is 0 Å². The van der Waals surface area contributed by atoms with E-state index < -0.39 is 11.7 Å². The number of rotatable bonds is 7. The van der Waals surface area contributed by atoms with Gasteiger partial charge in [0.2, 0.25) is 0 Å². The van der Waals surface area contributed by atoms with Gasteiger partial charge in [0.25, 0.3) is 11.5 Å². The maximum atomic E-state index is 14.7. The molecule has 39 heavy (non-hydrogen) atoms. The Morgan fingerprint density at radius 1 is 1.00 bits per heavy atom. The summed E-state index contributed by atoms with van der Waals surface area (Å²) in [7, 11) is 3.43. The Kier molecular flexibility index (Phi) is 6.45. The first-order valence-corrected chi connectivity index (χ1v) is 13.4. The predicted octanol–water partition coefficient (Wildman–Crippen LogP) is 4.74. The zero-order valence-electron chi connectivity index (χ0n) is 21.4. The Morgan fingerprint density at radius 2 is 1.82 bits per heavy atom. The number of fused-ring (bicyclic) bond motifs is 1. The molecule has 0 atom stereocenters. The molecule has 0 unspecified atom stereocenters. The molecule has 4 heterocycles. The Labute approximate surface area is 227 Å². The fraction of sp³-hybridized carbons (Fsp3) is 0.214. The highest BCUT2D eigenvalue weighted by Crippen LogP contribution is 2.29. The highest BCUT2D eigenvalue weighted by Gasteiger charge is 2.18. The van der Waals surface area contributed by atoms with E-state index in [0.717, 1.165) is 35.4 Å². The number of amides is 1. The summed E-state index contributed by atoms with van der Waals surface area (Å²) < 4.78 is 18.7. The van der Waals surface area contributed by atoms with Crippen molar-refractivity contribution >= 4 is 44.5 Å². The molecule has 5 aromatic rings. The van der Waals surface area contributed by atoms with Crippen molar-refractivity contribution in [2.24, 2.45) is 14.1 Å². The van der Waals surface area contributed by atoms with Crippen molar-refractivity contribution in [2.75, 3.05) is 23.7 Å². The lowest BCUT2D eigenvalue weighted by atomic mass is 10.1. The van der Waals surface area contributed by atoms with Crippen molar-refractivity contribution in [2.45, 2.75) is 13.0 Å². The molecule has 1 fully saturated rings. The van der Waals surface area contributed by atoms with Gasteiger partial charge in [0.1, 0.15) is 11.5 Å². The van der Waals surface area contributed by atoms with Crippen LogP contribution >= 0.6 is 11.3 Å². The van der Waals surface area contributed by atoms with Crippen LogP contribution in [0.15, 0.2) is 65.5 Å². The summed E-state index contributed by atoms with van der Waals surface area (Å²) in [5.74, 6) is -0.413. The number of halogens is 1. The van der Waals surface area contributed by atoms with Crippen LogP contribution in [-0.4, -0.2) is 43.5 Å². The molecule has 1 aliphatic rings. The van der Waals surface area contributed by atoms with Gasteiger partial charge in [-0.2, -0.15) is 10.2 Å². The van der Waals surface area contributed by atoms with Crippen molar-refractivity contribution in [1.29, 1.82) is 0 Å². The van der Waals surface area contributed by atoms with E-state index in [4.69, 9.17) is 0 Å². The SMILES string of the molecule is Cn1nc(Nc2cc(-c3ccc(F)c(NC(=O)c4cc5ccccc5s4)c3)nn(C)c2=O)cc1CN1CCC1. The van der Waals surface area contributed by atoms with Crippen LogP contribution in [-0.2, 0) is 20.6 Å². The molecular formula is C28H26FN7O2S. The number of thiophene rings is 1. The van der Waals surface area contributed by atoms with Crippen LogP contribution < -0.4 is 16.2 Å². The number of likely N-dealkylation sites (tertiary alicyclic amines) is 1. The summed E-state index contributed by atoms with van der Waals surface area (Å²) in [6.07, 6.45) is 1.21. The normalized spacial score (nSPS) is 13.4. The van der Waals surface area contributed by atoms with Crippen LogP contribution in [0, 0.1) is 5.82 Å². The highest BCUT2D eigenvalue weighted by molar-refractivity contribution is 7.20. The highest BCUT2D eigenvalue weighted by atomic mass is 32.1. The molecule has 2 aromatic carbocycles. The van der Waals surface area contributed by atoms with Gasteiger partial charge in [0.15, 0.2) is 5.82 Å². The minimum atomic E-state index is -0.570. The van der Waals surface area contributed by atoms with Gasteiger partial charge in [-0.1, -0.05) is 18.2 Å². The molecule has 1 aliphatic heterocycles. The van der Waals surface area contributed by atoms with Gasteiger partial charge in [-0.15, -0.1) is 11.3 Å². The molecule has 3 aromatic heterocycles. The van der Waals surface area contributed by atoms with Crippen LogP contribution in [0.4, 0.5) is 21.6 Å². The first-order chi connectivity index (χ1) is 18.8. The number of benzene rings is 2. The number of carbonyl (C=O) groups excluding carboxylic acids is 1. The van der Waals surface area contributed by atoms with Gasteiger partial charge in [-0.25, -0.2) is 9.07 Å². The first-order valence-electron chi connectivity index (χ1n) is 12.5. The van der Waals surface area contributed by atoms with Crippen molar-refractivity contribution in [3.05, 3.63) is 87.4 Å². The summed E-state index contributed by atoms with van der Waals surface area (Å²) in [4.78, 5) is 28.6.